The van der Waals surface area contributed by atoms with Crippen molar-refractivity contribution in [1.29, 1.82) is 0 Å². The molecule has 2 aromatic carbocycles. The van der Waals surface area contributed by atoms with Crippen LogP contribution < -0.4 is 20.4 Å². The average Bonchev–Trinajstić information content (AvgIpc) is 3.19. The topological polar surface area (TPSA) is 54.1 Å². The first kappa shape index (κ1) is 41.6. The lowest BCUT2D eigenvalue weighted by atomic mass is 9.59. The second kappa shape index (κ2) is 18.0. The van der Waals surface area contributed by atoms with Crippen LogP contribution in [-0.4, -0.2) is 68.6 Å². The van der Waals surface area contributed by atoms with Gasteiger partial charge in [0.2, 0.25) is 6.41 Å². The molecule has 1 spiro atoms. The van der Waals surface area contributed by atoms with Crippen LogP contribution in [0.2, 0.25) is 0 Å². The summed E-state index contributed by atoms with van der Waals surface area (Å²) in [5.74, 6) is 0.522. The molecule has 1 atom stereocenters. The maximum absolute atomic E-state index is 12.0. The second-order valence-corrected chi connectivity index (χ2v) is 17.6. The van der Waals surface area contributed by atoms with Gasteiger partial charge in [0.05, 0.1) is 17.4 Å². The third-order valence-corrected chi connectivity index (χ3v) is 14.0. The lowest BCUT2D eigenvalue weighted by molar-refractivity contribution is -0.107. The van der Waals surface area contributed by atoms with E-state index in [4.69, 9.17) is 0 Å². The number of nitrogens with zero attached hydrogens (tertiary/aromatic N) is 4. The van der Waals surface area contributed by atoms with Crippen LogP contribution in [-0.2, 0) is 24.2 Å². The number of allylic oxidation sites excluding steroid dienone is 4. The number of hydrogen-bond donors (Lipinski definition) is 2. The van der Waals surface area contributed by atoms with E-state index in [-0.39, 0.29) is 6.04 Å². The van der Waals surface area contributed by atoms with E-state index < -0.39 is 0 Å². The Balaban J connectivity index is 1.03. The normalized spacial score (nSPS) is 21.0. The van der Waals surface area contributed by atoms with E-state index in [0.717, 1.165) is 67.4 Å². The molecule has 7 heteroatoms. The SMILES string of the molecule is C=CN/C=C(\C(C)=C(C)C)c1cc(CC)c(CN2CCC3(CC2)CC(N2CCC(c4ccc(N(C)C5CCC(=C)NC5=C)c(N(C)C=O)c4)CC2)C3)c(CC)c1. The van der Waals surface area contributed by atoms with Crippen molar-refractivity contribution in [2.24, 2.45) is 5.41 Å². The largest absolute Gasteiger partial charge is 0.368 e. The highest BCUT2D eigenvalue weighted by Gasteiger charge is 2.48. The van der Waals surface area contributed by atoms with E-state index in [2.05, 4.69) is 123 Å². The Bertz CT molecular complexity index is 1800. The molecular formula is C49H70N6O. The van der Waals surface area contributed by atoms with E-state index in [1.165, 1.54) is 104 Å². The summed E-state index contributed by atoms with van der Waals surface area (Å²) < 4.78 is 0. The summed E-state index contributed by atoms with van der Waals surface area (Å²) in [6.07, 6.45) is 16.5. The highest BCUT2D eigenvalue weighted by molar-refractivity contribution is 5.84. The van der Waals surface area contributed by atoms with Gasteiger partial charge in [-0.15, -0.1) is 0 Å². The summed E-state index contributed by atoms with van der Waals surface area (Å²) in [6.45, 7) is 29.3. The van der Waals surface area contributed by atoms with Crippen molar-refractivity contribution in [3.05, 3.63) is 113 Å². The molecule has 2 N–H and O–H groups in total. The minimum Gasteiger partial charge on any atom is -0.368 e. The number of likely N-dealkylation sites (N-methyl/N-ethyl adjacent to an activating group) is 1. The molecule has 302 valence electrons. The Labute approximate surface area is 339 Å². The summed E-state index contributed by atoms with van der Waals surface area (Å²) >= 11 is 0. The zero-order chi connectivity index (χ0) is 40.1. The molecule has 2 aromatic rings. The van der Waals surface area contributed by atoms with Crippen LogP contribution >= 0.6 is 0 Å². The fourth-order valence-electron chi connectivity index (χ4n) is 10.1. The van der Waals surface area contributed by atoms with E-state index in [1.54, 1.807) is 16.7 Å². The Morgan fingerprint density at radius 1 is 0.946 bits per heavy atom. The Hall–Kier alpha value is -4.07. The average molecular weight is 759 g/mol. The van der Waals surface area contributed by atoms with Crippen LogP contribution in [0.4, 0.5) is 11.4 Å². The summed E-state index contributed by atoms with van der Waals surface area (Å²) in [4.78, 5) is 21.6. The molecule has 4 fully saturated rings. The van der Waals surface area contributed by atoms with E-state index in [1.807, 2.05) is 7.05 Å². The van der Waals surface area contributed by atoms with Crippen LogP contribution in [0.1, 0.15) is 120 Å². The minimum absolute atomic E-state index is 0.158. The Morgan fingerprint density at radius 3 is 2.18 bits per heavy atom. The lowest BCUT2D eigenvalue weighted by Gasteiger charge is -2.56. The quantitative estimate of drug-likeness (QED) is 0.148. The summed E-state index contributed by atoms with van der Waals surface area (Å²) in [6, 6.07) is 12.6. The summed E-state index contributed by atoms with van der Waals surface area (Å²) in [7, 11) is 3.98. The smallest absolute Gasteiger partial charge is 0.213 e. The molecule has 6 rings (SSSR count). The maximum atomic E-state index is 12.0. The number of anilines is 2. The summed E-state index contributed by atoms with van der Waals surface area (Å²) in [5, 5.41) is 6.60. The van der Waals surface area contributed by atoms with Gasteiger partial charge in [0, 0.05) is 49.8 Å². The van der Waals surface area contributed by atoms with Gasteiger partial charge in [-0.3, -0.25) is 9.69 Å². The molecule has 0 radical (unpaired) electrons. The predicted molar refractivity (Wildman–Crippen MR) is 238 cm³/mol. The fourth-order valence-corrected chi connectivity index (χ4v) is 10.1. The monoisotopic (exact) mass is 759 g/mol. The number of hydrogen-bond acceptors (Lipinski definition) is 6. The van der Waals surface area contributed by atoms with Crippen LogP contribution in [0.25, 0.3) is 5.57 Å². The van der Waals surface area contributed by atoms with Gasteiger partial charge in [-0.1, -0.05) is 57.4 Å². The molecule has 56 heavy (non-hydrogen) atoms. The third kappa shape index (κ3) is 8.89. The lowest BCUT2D eigenvalue weighted by Crippen LogP contribution is -2.56. The molecule has 1 amide bonds. The zero-order valence-electron chi connectivity index (χ0n) is 35.8. The molecule has 3 saturated heterocycles. The molecular weight excluding hydrogens is 689 g/mol. The minimum atomic E-state index is 0.158. The standard InChI is InChI=1S/C49H70N6O/c1-11-38-26-42(44(31-50-13-3)36(7)34(4)5)27-39(12-2)45(38)32-54-24-20-49(21-25-54)29-43(30-49)55-22-18-40(19-23-55)41-15-17-47(48(28-41)52(9)33-56)53(10)46-16-14-35(6)51-37(46)8/h13,15,17,26-28,31,33,40,43,46,50-51H,3,6,8,11-12,14,16,18-25,29-30,32H2,1-2,4-5,7,9-10H3/b44-31+. The number of amides is 1. The first-order chi connectivity index (χ1) is 26.9. The van der Waals surface area contributed by atoms with Gasteiger partial charge in [-0.2, -0.15) is 0 Å². The van der Waals surface area contributed by atoms with Crippen LogP contribution in [0, 0.1) is 5.41 Å². The summed E-state index contributed by atoms with van der Waals surface area (Å²) in [5.41, 5.74) is 15.7. The van der Waals surface area contributed by atoms with Gasteiger partial charge in [0.25, 0.3) is 0 Å². The molecule has 1 aliphatic carbocycles. The molecule has 3 heterocycles. The van der Waals surface area contributed by atoms with Crippen molar-refractivity contribution in [1.82, 2.24) is 20.4 Å². The zero-order valence-corrected chi connectivity index (χ0v) is 35.8. The van der Waals surface area contributed by atoms with E-state index in [9.17, 15) is 4.79 Å². The van der Waals surface area contributed by atoms with Crippen molar-refractivity contribution >= 4 is 23.4 Å². The number of likely N-dealkylation sites (tertiary alicyclic amines) is 2. The van der Waals surface area contributed by atoms with Crippen molar-refractivity contribution < 1.29 is 4.79 Å². The fraction of sp³-hybridized carbons (Fsp3) is 0.531. The van der Waals surface area contributed by atoms with E-state index in [0.29, 0.717) is 11.3 Å². The predicted octanol–water partition coefficient (Wildman–Crippen LogP) is 9.67. The number of aryl methyl sites for hydroxylation is 2. The van der Waals surface area contributed by atoms with Gasteiger partial charge in [0.1, 0.15) is 0 Å². The van der Waals surface area contributed by atoms with Crippen LogP contribution in [0.5, 0.6) is 0 Å². The Kier molecular flexibility index (Phi) is 13.4. The first-order valence-electron chi connectivity index (χ1n) is 21.4. The number of rotatable bonds is 14. The van der Waals surface area contributed by atoms with Gasteiger partial charge in [0.15, 0.2) is 0 Å². The van der Waals surface area contributed by atoms with Crippen molar-refractivity contribution in [3.63, 3.8) is 0 Å². The number of carbonyl (C=O) groups is 1. The molecule has 0 aromatic heterocycles. The van der Waals surface area contributed by atoms with Gasteiger partial charge in [-0.25, -0.2) is 0 Å². The molecule has 3 aliphatic heterocycles. The van der Waals surface area contributed by atoms with Crippen LogP contribution in [0.15, 0.2) is 85.0 Å². The third-order valence-electron chi connectivity index (χ3n) is 14.0. The van der Waals surface area contributed by atoms with Crippen LogP contribution in [0.3, 0.4) is 0 Å². The molecule has 1 unspecified atom stereocenters. The van der Waals surface area contributed by atoms with Crippen molar-refractivity contribution in [2.45, 2.75) is 123 Å². The maximum Gasteiger partial charge on any atom is 0.213 e. The second-order valence-electron chi connectivity index (χ2n) is 17.6. The van der Waals surface area contributed by atoms with E-state index >= 15 is 0 Å². The molecule has 1 saturated carbocycles. The number of nitrogens with one attached hydrogen (secondary N) is 2. The van der Waals surface area contributed by atoms with Crippen molar-refractivity contribution in [3.8, 4) is 0 Å². The highest BCUT2D eigenvalue weighted by atomic mass is 16.1. The van der Waals surface area contributed by atoms with Gasteiger partial charge in [-0.05, 0) is 174 Å². The van der Waals surface area contributed by atoms with Gasteiger partial charge < -0.3 is 25.3 Å². The van der Waals surface area contributed by atoms with Gasteiger partial charge >= 0.3 is 0 Å². The van der Waals surface area contributed by atoms with Crippen molar-refractivity contribution in [2.75, 3.05) is 50.1 Å². The highest BCUT2D eigenvalue weighted by Crippen LogP contribution is 2.52. The Morgan fingerprint density at radius 2 is 1.61 bits per heavy atom. The molecule has 7 nitrogen and oxygen atoms in total. The number of piperidine rings is 3. The first-order valence-corrected chi connectivity index (χ1v) is 21.4. The molecule has 0 bridgehead atoms. The molecule has 4 aliphatic rings. The number of benzene rings is 2. The number of carbonyl (C=O) groups excluding carboxylic acids is 1.